The van der Waals surface area contributed by atoms with Crippen molar-refractivity contribution in [3.05, 3.63) is 48.0 Å². The average Bonchev–Trinajstić information content (AvgIpc) is 3.10. The number of para-hydroxylation sites is 2. The molecule has 1 aliphatic heterocycles. The number of likely N-dealkylation sites (N-methyl/N-ethyl adjacent to an activating group) is 1. The lowest BCUT2D eigenvalue weighted by atomic mass is 10.1. The zero-order chi connectivity index (χ0) is 21.3. The van der Waals surface area contributed by atoms with Crippen LogP contribution >= 0.6 is 0 Å². The summed E-state index contributed by atoms with van der Waals surface area (Å²) in [6.07, 6.45) is -0.412. The van der Waals surface area contributed by atoms with Crippen LogP contribution in [0.3, 0.4) is 0 Å². The van der Waals surface area contributed by atoms with Gasteiger partial charge in [0.05, 0.1) is 17.6 Å². The second-order valence-electron chi connectivity index (χ2n) is 7.02. The molecule has 3 aromatic rings. The Balaban J connectivity index is 1.72. The van der Waals surface area contributed by atoms with Crippen LogP contribution in [0.2, 0.25) is 0 Å². The first kappa shape index (κ1) is 19.6. The fourth-order valence-corrected chi connectivity index (χ4v) is 3.28. The first-order valence-electron chi connectivity index (χ1n) is 9.65. The summed E-state index contributed by atoms with van der Waals surface area (Å²) in [5.41, 5.74) is 8.67. The van der Waals surface area contributed by atoms with Crippen molar-refractivity contribution < 1.29 is 14.3 Å². The van der Waals surface area contributed by atoms with E-state index in [1.165, 1.54) is 4.90 Å². The number of ether oxygens (including phenoxy) is 2. The molecular formula is C21H24N6O3. The van der Waals surface area contributed by atoms with Gasteiger partial charge in [-0.1, -0.05) is 18.2 Å². The number of hydrogen-bond acceptors (Lipinski definition) is 7. The topological polar surface area (TPSA) is 107 Å². The summed E-state index contributed by atoms with van der Waals surface area (Å²) in [7, 11) is 3.37. The quantitative estimate of drug-likeness (QED) is 0.648. The first-order valence-corrected chi connectivity index (χ1v) is 9.65. The number of carbonyl (C=O) groups is 1. The zero-order valence-corrected chi connectivity index (χ0v) is 17.1. The van der Waals surface area contributed by atoms with Crippen molar-refractivity contribution >= 4 is 28.8 Å². The molecule has 1 aliphatic rings. The van der Waals surface area contributed by atoms with Crippen LogP contribution < -0.4 is 20.5 Å². The molecule has 4 rings (SSSR count). The molecule has 2 heterocycles. The molecule has 0 saturated carbocycles. The molecule has 2 aromatic carbocycles. The molecule has 0 saturated heterocycles. The molecule has 0 radical (unpaired) electrons. The van der Waals surface area contributed by atoms with Crippen molar-refractivity contribution in [3.63, 3.8) is 0 Å². The monoisotopic (exact) mass is 408 g/mol. The Labute approximate surface area is 174 Å². The van der Waals surface area contributed by atoms with Gasteiger partial charge in [-0.15, -0.1) is 0 Å². The first-order chi connectivity index (χ1) is 14.5. The minimum atomic E-state index is -0.412. The Hall–Kier alpha value is -3.75. The molecule has 1 atom stereocenters. The van der Waals surface area contributed by atoms with Crippen LogP contribution in [0.15, 0.2) is 47.5 Å². The van der Waals surface area contributed by atoms with Crippen LogP contribution in [-0.2, 0) is 4.79 Å². The van der Waals surface area contributed by atoms with E-state index < -0.39 is 6.17 Å². The fraction of sp³-hybridized carbons (Fsp3) is 0.286. The number of rotatable bonds is 6. The molecular weight excluding hydrogens is 384 g/mol. The largest absolute Gasteiger partial charge is 0.490 e. The summed E-state index contributed by atoms with van der Waals surface area (Å²) in [5, 5.41) is 3.03. The minimum absolute atomic E-state index is 0.0683. The third-order valence-electron chi connectivity index (χ3n) is 4.76. The number of aromatic nitrogens is 2. The van der Waals surface area contributed by atoms with Gasteiger partial charge in [-0.3, -0.25) is 14.7 Å². The Kier molecular flexibility index (Phi) is 5.18. The molecule has 0 fully saturated rings. The number of carbonyl (C=O) groups excluding carboxylic acids is 1. The van der Waals surface area contributed by atoms with Gasteiger partial charge in [0.2, 0.25) is 5.95 Å². The van der Waals surface area contributed by atoms with Crippen molar-refractivity contribution in [2.24, 2.45) is 10.7 Å². The highest BCUT2D eigenvalue weighted by molar-refractivity contribution is 5.94. The van der Waals surface area contributed by atoms with Crippen LogP contribution in [0.4, 0.5) is 5.95 Å². The predicted molar refractivity (Wildman–Crippen MR) is 115 cm³/mol. The number of amides is 1. The minimum Gasteiger partial charge on any atom is -0.490 e. The predicted octanol–water partition coefficient (Wildman–Crippen LogP) is 2.19. The van der Waals surface area contributed by atoms with Crippen molar-refractivity contribution in [2.45, 2.75) is 13.1 Å². The van der Waals surface area contributed by atoms with E-state index in [1.807, 2.05) is 47.9 Å². The van der Waals surface area contributed by atoms with Gasteiger partial charge in [-0.2, -0.15) is 0 Å². The van der Waals surface area contributed by atoms with Crippen molar-refractivity contribution in [1.82, 2.24) is 14.5 Å². The van der Waals surface area contributed by atoms with Gasteiger partial charge in [0.15, 0.2) is 30.2 Å². The Bertz CT molecular complexity index is 1120. The zero-order valence-electron chi connectivity index (χ0n) is 17.1. The molecule has 0 spiro atoms. The van der Waals surface area contributed by atoms with E-state index in [4.69, 9.17) is 15.2 Å². The maximum Gasteiger partial charge on any atom is 0.259 e. The number of fused-ring (bicyclic) bond motifs is 3. The van der Waals surface area contributed by atoms with E-state index >= 15 is 0 Å². The summed E-state index contributed by atoms with van der Waals surface area (Å²) in [5.74, 6) is 1.82. The van der Waals surface area contributed by atoms with E-state index in [0.717, 1.165) is 16.6 Å². The van der Waals surface area contributed by atoms with E-state index in [1.54, 1.807) is 20.2 Å². The van der Waals surface area contributed by atoms with Gasteiger partial charge in [0.25, 0.3) is 5.91 Å². The van der Waals surface area contributed by atoms with Gasteiger partial charge < -0.3 is 20.1 Å². The van der Waals surface area contributed by atoms with Gasteiger partial charge in [-0.25, -0.2) is 9.98 Å². The smallest absolute Gasteiger partial charge is 0.259 e. The van der Waals surface area contributed by atoms with Crippen LogP contribution in [0.25, 0.3) is 11.0 Å². The van der Waals surface area contributed by atoms with Crippen LogP contribution in [-0.4, -0.2) is 53.6 Å². The third-order valence-corrected chi connectivity index (χ3v) is 4.76. The standard InChI is InChI=1S/C21H24N6O3/c1-4-29-17-11-13(9-10-16(17)30-12-18(28)26(2)3)19-24-20(22)25-21-23-14-7-5-6-8-15(14)27(19)21/h5-11,19H,4,12H2,1-3H3,(H3,22,23,24,25). The number of hydrogen-bond donors (Lipinski definition) is 2. The van der Waals surface area contributed by atoms with Gasteiger partial charge in [0, 0.05) is 19.7 Å². The number of guanidine groups is 1. The number of anilines is 1. The summed E-state index contributed by atoms with van der Waals surface area (Å²) >= 11 is 0. The second kappa shape index (κ2) is 7.94. The molecule has 3 N–H and O–H groups in total. The van der Waals surface area contributed by atoms with Crippen molar-refractivity contribution in [3.8, 4) is 11.5 Å². The number of nitrogens with zero attached hydrogens (tertiary/aromatic N) is 4. The van der Waals surface area contributed by atoms with E-state index in [-0.39, 0.29) is 18.5 Å². The normalized spacial score (nSPS) is 15.2. The highest BCUT2D eigenvalue weighted by atomic mass is 16.5. The lowest BCUT2D eigenvalue weighted by Gasteiger charge is -2.24. The number of aliphatic imine (C=N–C) groups is 1. The molecule has 1 unspecified atom stereocenters. The SMILES string of the molecule is CCOc1cc(C2N=C(N)Nc3nc4ccccc4n32)ccc1OCC(=O)N(C)C. The molecule has 9 heteroatoms. The van der Waals surface area contributed by atoms with E-state index in [0.29, 0.717) is 24.1 Å². The average molecular weight is 408 g/mol. The van der Waals surface area contributed by atoms with Crippen molar-refractivity contribution in [2.75, 3.05) is 32.6 Å². The van der Waals surface area contributed by atoms with Crippen molar-refractivity contribution in [1.29, 1.82) is 0 Å². The molecule has 30 heavy (non-hydrogen) atoms. The highest BCUT2D eigenvalue weighted by Crippen LogP contribution is 2.36. The number of nitrogens with two attached hydrogens (primary N) is 1. The molecule has 0 bridgehead atoms. The Morgan fingerprint density at radius 2 is 2.00 bits per heavy atom. The number of imidazole rings is 1. The van der Waals surface area contributed by atoms with Gasteiger partial charge in [0.1, 0.15) is 0 Å². The van der Waals surface area contributed by atoms with E-state index in [9.17, 15) is 4.79 Å². The third kappa shape index (κ3) is 3.61. The lowest BCUT2D eigenvalue weighted by molar-refractivity contribution is -0.130. The van der Waals surface area contributed by atoms with Gasteiger partial charge >= 0.3 is 0 Å². The van der Waals surface area contributed by atoms with Gasteiger partial charge in [-0.05, 0) is 31.2 Å². The number of benzene rings is 2. The molecule has 1 amide bonds. The second-order valence-corrected chi connectivity index (χ2v) is 7.02. The maximum absolute atomic E-state index is 11.9. The van der Waals surface area contributed by atoms with Crippen LogP contribution in [0, 0.1) is 0 Å². The summed E-state index contributed by atoms with van der Waals surface area (Å²) in [6, 6.07) is 13.4. The summed E-state index contributed by atoms with van der Waals surface area (Å²) in [4.78, 5) is 22.6. The Morgan fingerprint density at radius 1 is 1.20 bits per heavy atom. The Morgan fingerprint density at radius 3 is 2.77 bits per heavy atom. The van der Waals surface area contributed by atoms with Crippen LogP contribution in [0.5, 0.6) is 11.5 Å². The summed E-state index contributed by atoms with van der Waals surface area (Å²) in [6.45, 7) is 2.28. The highest BCUT2D eigenvalue weighted by Gasteiger charge is 2.26. The molecule has 0 aliphatic carbocycles. The molecule has 156 valence electrons. The van der Waals surface area contributed by atoms with E-state index in [2.05, 4.69) is 15.3 Å². The lowest BCUT2D eigenvalue weighted by Crippen LogP contribution is -2.31. The molecule has 9 nitrogen and oxygen atoms in total. The summed E-state index contributed by atoms with van der Waals surface area (Å²) < 4.78 is 13.5. The number of nitrogens with one attached hydrogen (secondary N) is 1. The maximum atomic E-state index is 11.9. The van der Waals surface area contributed by atoms with Crippen LogP contribution in [0.1, 0.15) is 18.7 Å². The molecule has 1 aromatic heterocycles. The fourth-order valence-electron chi connectivity index (χ4n) is 3.28.